The van der Waals surface area contributed by atoms with Gasteiger partial charge in [-0.25, -0.2) is 14.4 Å². The quantitative estimate of drug-likeness (QED) is 0.274. The van der Waals surface area contributed by atoms with Gasteiger partial charge in [-0.2, -0.15) is 9.83 Å². The largest absolute Gasteiger partial charge is 0.618 e. The molecule has 1 N–H and O–H groups in total. The molecule has 1 atom stereocenters. The number of halogens is 1. The van der Waals surface area contributed by atoms with Gasteiger partial charge in [-0.1, -0.05) is 0 Å². The van der Waals surface area contributed by atoms with E-state index in [-0.39, 0.29) is 22.7 Å². The van der Waals surface area contributed by atoms with E-state index in [1.165, 1.54) is 24.7 Å². The van der Waals surface area contributed by atoms with E-state index in [1.807, 2.05) is 51.3 Å². The minimum atomic E-state index is -0.542. The monoisotopic (exact) mass is 487 g/mol. The lowest BCUT2D eigenvalue weighted by atomic mass is 10.1. The molecule has 0 aliphatic heterocycles. The molecule has 0 radical (unpaired) electrons. The van der Waals surface area contributed by atoms with Gasteiger partial charge in [0.15, 0.2) is 12.0 Å². The summed E-state index contributed by atoms with van der Waals surface area (Å²) in [6.45, 7) is 2.68. The molecular formula is C26H26FN7O2. The summed E-state index contributed by atoms with van der Waals surface area (Å²) >= 11 is 0. The number of likely N-dealkylation sites (N-methyl/N-ethyl adjacent to an activating group) is 1. The zero-order valence-electron chi connectivity index (χ0n) is 20.4. The van der Waals surface area contributed by atoms with Crippen molar-refractivity contribution < 1.29 is 13.9 Å². The number of pyridine rings is 1. The van der Waals surface area contributed by atoms with Crippen LogP contribution in [0.5, 0.6) is 5.75 Å². The summed E-state index contributed by atoms with van der Waals surface area (Å²) in [5, 5.41) is 20.2. The van der Waals surface area contributed by atoms with Crippen LogP contribution in [-0.2, 0) is 7.05 Å². The summed E-state index contributed by atoms with van der Waals surface area (Å²) in [5.74, 6) is 0.427. The van der Waals surface area contributed by atoms with Crippen LogP contribution < -0.4 is 14.8 Å². The molecule has 0 aliphatic carbocycles. The molecule has 2 aromatic carbocycles. The van der Waals surface area contributed by atoms with Gasteiger partial charge in [0.25, 0.3) is 0 Å². The normalized spacial score (nSPS) is 12.4. The molecule has 36 heavy (non-hydrogen) atoms. The Morgan fingerprint density at radius 1 is 1.19 bits per heavy atom. The van der Waals surface area contributed by atoms with E-state index >= 15 is 4.39 Å². The zero-order chi connectivity index (χ0) is 25.4. The first-order valence-electron chi connectivity index (χ1n) is 11.5. The van der Waals surface area contributed by atoms with Gasteiger partial charge in [0.2, 0.25) is 5.52 Å². The molecule has 10 heteroatoms. The summed E-state index contributed by atoms with van der Waals surface area (Å²) in [5.41, 5.74) is 2.89. The van der Waals surface area contributed by atoms with Gasteiger partial charge in [0, 0.05) is 37.5 Å². The van der Waals surface area contributed by atoms with Crippen molar-refractivity contribution >= 4 is 33.3 Å². The Kier molecular flexibility index (Phi) is 6.11. The molecule has 0 amide bonds. The highest BCUT2D eigenvalue weighted by atomic mass is 19.1. The van der Waals surface area contributed by atoms with Crippen LogP contribution in [0, 0.1) is 11.0 Å². The molecule has 0 spiro atoms. The minimum Gasteiger partial charge on any atom is -0.618 e. The van der Waals surface area contributed by atoms with Gasteiger partial charge < -0.3 is 20.2 Å². The van der Waals surface area contributed by atoms with E-state index in [9.17, 15) is 5.21 Å². The van der Waals surface area contributed by atoms with Gasteiger partial charge >= 0.3 is 0 Å². The fraction of sp³-hybridized carbons (Fsp3) is 0.231. The summed E-state index contributed by atoms with van der Waals surface area (Å²) < 4.78 is 24.1. The standard InChI is InChI=1S/C26H26FN7O2/c1-16(13-32(2)3)36-23-11-17(18-12-30-33(4)14-18)10-21-24(23)26(29-15-28-21)31-20-7-8-22-19(25(20)27)6-5-9-34(22)35/h5-12,14-16H,13H2,1-4H3,(H,28,29,31)/t16-/m1/s1. The van der Waals surface area contributed by atoms with Crippen LogP contribution in [-0.4, -0.2) is 51.4 Å². The highest BCUT2D eigenvalue weighted by Gasteiger charge is 2.19. The third-order valence-electron chi connectivity index (χ3n) is 5.82. The third-order valence-corrected chi connectivity index (χ3v) is 5.82. The summed E-state index contributed by atoms with van der Waals surface area (Å²) in [6.07, 6.45) is 6.33. The van der Waals surface area contributed by atoms with Crippen LogP contribution in [0.3, 0.4) is 0 Å². The topological polar surface area (TPSA) is 95.0 Å². The molecule has 3 aromatic heterocycles. The van der Waals surface area contributed by atoms with E-state index in [2.05, 4.69) is 20.4 Å². The van der Waals surface area contributed by atoms with E-state index < -0.39 is 5.82 Å². The molecule has 3 heterocycles. The lowest BCUT2D eigenvalue weighted by Gasteiger charge is -2.21. The second kappa shape index (κ2) is 9.38. The molecule has 0 fully saturated rings. The molecule has 0 aliphatic rings. The lowest BCUT2D eigenvalue weighted by Crippen LogP contribution is -2.28. The maximum atomic E-state index is 15.4. The number of fused-ring (bicyclic) bond motifs is 2. The number of nitrogens with zero attached hydrogens (tertiary/aromatic N) is 6. The van der Waals surface area contributed by atoms with Crippen LogP contribution >= 0.6 is 0 Å². The van der Waals surface area contributed by atoms with E-state index in [0.717, 1.165) is 11.1 Å². The van der Waals surface area contributed by atoms with Gasteiger partial charge in [-0.3, -0.25) is 4.68 Å². The first-order chi connectivity index (χ1) is 17.3. The van der Waals surface area contributed by atoms with Crippen LogP contribution in [0.25, 0.3) is 32.9 Å². The minimum absolute atomic E-state index is 0.134. The van der Waals surface area contributed by atoms with Gasteiger partial charge in [-0.15, -0.1) is 0 Å². The molecule has 9 nitrogen and oxygen atoms in total. The smallest absolute Gasteiger partial charge is 0.226 e. The highest BCUT2D eigenvalue weighted by molar-refractivity contribution is 5.99. The molecule has 184 valence electrons. The summed E-state index contributed by atoms with van der Waals surface area (Å²) in [4.78, 5) is 10.9. The number of rotatable bonds is 7. The first-order valence-corrected chi connectivity index (χ1v) is 11.5. The van der Waals surface area contributed by atoms with Crippen molar-refractivity contribution in [2.24, 2.45) is 7.05 Å². The fourth-order valence-electron chi connectivity index (χ4n) is 4.30. The molecule has 0 saturated carbocycles. The zero-order valence-corrected chi connectivity index (χ0v) is 20.4. The average molecular weight is 488 g/mol. The second-order valence-electron chi connectivity index (χ2n) is 9.00. The Hall–Kier alpha value is -4.31. The van der Waals surface area contributed by atoms with Crippen molar-refractivity contribution in [1.82, 2.24) is 24.6 Å². The SMILES string of the molecule is C[C@H](CN(C)C)Oc1cc(-c2cnn(C)c2)cc2ncnc(Nc3ccc4c(ccc[n+]4[O-])c3F)c12. The molecule has 0 bridgehead atoms. The third kappa shape index (κ3) is 4.50. The molecule has 5 rings (SSSR count). The average Bonchev–Trinajstić information content (AvgIpc) is 3.27. The predicted octanol–water partition coefficient (Wildman–Crippen LogP) is 4.03. The van der Waals surface area contributed by atoms with Crippen molar-refractivity contribution in [2.75, 3.05) is 26.0 Å². The Morgan fingerprint density at radius 3 is 2.78 bits per heavy atom. The van der Waals surface area contributed by atoms with Gasteiger partial charge in [-0.05, 0) is 50.8 Å². The fourth-order valence-corrected chi connectivity index (χ4v) is 4.30. The molecule has 5 aromatic rings. The number of anilines is 2. The number of aromatic nitrogens is 5. The van der Waals surface area contributed by atoms with E-state index in [4.69, 9.17) is 4.74 Å². The highest BCUT2D eigenvalue weighted by Crippen LogP contribution is 2.37. The Balaban J connectivity index is 1.64. The number of ether oxygens (including phenoxy) is 1. The molecular weight excluding hydrogens is 461 g/mol. The van der Waals surface area contributed by atoms with Gasteiger partial charge in [0.1, 0.15) is 24.0 Å². The van der Waals surface area contributed by atoms with E-state index in [0.29, 0.717) is 33.7 Å². The van der Waals surface area contributed by atoms with Crippen molar-refractivity contribution in [3.05, 3.63) is 72.3 Å². The number of hydrogen-bond acceptors (Lipinski definition) is 7. The van der Waals surface area contributed by atoms with E-state index in [1.54, 1.807) is 23.0 Å². The van der Waals surface area contributed by atoms with Crippen LogP contribution in [0.1, 0.15) is 6.92 Å². The molecule has 0 saturated heterocycles. The first kappa shape index (κ1) is 23.4. The lowest BCUT2D eigenvalue weighted by molar-refractivity contribution is -0.577. The number of hydrogen-bond donors (Lipinski definition) is 1. The van der Waals surface area contributed by atoms with Gasteiger partial charge in [0.05, 0.1) is 28.2 Å². The van der Waals surface area contributed by atoms with Crippen molar-refractivity contribution in [1.29, 1.82) is 0 Å². The van der Waals surface area contributed by atoms with Crippen molar-refractivity contribution in [2.45, 2.75) is 13.0 Å². The Labute approximate surface area is 207 Å². The second-order valence-corrected chi connectivity index (χ2v) is 9.00. The summed E-state index contributed by atoms with van der Waals surface area (Å²) in [7, 11) is 5.82. The Bertz CT molecular complexity index is 1570. The van der Waals surface area contributed by atoms with Crippen LogP contribution in [0.4, 0.5) is 15.9 Å². The predicted molar refractivity (Wildman–Crippen MR) is 137 cm³/mol. The van der Waals surface area contributed by atoms with Crippen LogP contribution in [0.2, 0.25) is 0 Å². The summed E-state index contributed by atoms with van der Waals surface area (Å²) in [6, 6.07) is 10.0. The van der Waals surface area contributed by atoms with Crippen molar-refractivity contribution in [3.63, 3.8) is 0 Å². The van der Waals surface area contributed by atoms with Crippen molar-refractivity contribution in [3.8, 4) is 16.9 Å². The maximum Gasteiger partial charge on any atom is 0.226 e. The Morgan fingerprint density at radius 2 is 2.03 bits per heavy atom. The number of nitrogens with one attached hydrogen (secondary N) is 1. The molecule has 0 unspecified atom stereocenters. The van der Waals surface area contributed by atoms with Crippen LogP contribution in [0.15, 0.2) is 61.3 Å². The number of benzene rings is 2. The number of aryl methyl sites for hydroxylation is 1. The maximum absolute atomic E-state index is 15.4.